The van der Waals surface area contributed by atoms with Crippen molar-refractivity contribution in [3.63, 3.8) is 0 Å². The standard InChI is InChI=1S/C10H21NO/c1-7-8-9(10(2,3)12)11(4,5)6/h8,12H,2,7H2,1,3-6H3/q+1. The fourth-order valence-corrected chi connectivity index (χ4v) is 1.41. The van der Waals surface area contributed by atoms with Crippen molar-refractivity contribution < 1.29 is 9.59 Å². The predicted octanol–water partition coefficient (Wildman–Crippen LogP) is 1.57. The molecule has 0 aromatic heterocycles. The molecule has 0 amide bonds. The third-order valence-corrected chi connectivity index (χ3v) is 1.67. The Hall–Kier alpha value is -0.340. The van der Waals surface area contributed by atoms with Crippen molar-refractivity contribution in [2.45, 2.75) is 25.9 Å². The summed E-state index contributed by atoms with van der Waals surface area (Å²) in [4.78, 5) is 0. The number of allylic oxidation sites excluding steroid dienone is 1. The third kappa shape index (κ3) is 3.37. The fourth-order valence-electron chi connectivity index (χ4n) is 1.41. The van der Waals surface area contributed by atoms with Gasteiger partial charge in [0, 0.05) is 0 Å². The van der Waals surface area contributed by atoms with Crippen LogP contribution in [0.25, 0.3) is 0 Å². The minimum absolute atomic E-state index is 0.629. The Bertz CT molecular complexity index is 153. The molecular weight excluding hydrogens is 150 g/mol. The summed E-state index contributed by atoms with van der Waals surface area (Å²) in [6.07, 6.45) is 2.96. The van der Waals surface area contributed by atoms with Crippen LogP contribution in [0.1, 0.15) is 20.3 Å². The van der Waals surface area contributed by atoms with Crippen molar-refractivity contribution in [3.8, 4) is 0 Å². The Kier molecular flexibility index (Phi) is 3.48. The molecule has 2 heteroatoms. The Balaban J connectivity index is 4.83. The maximum Gasteiger partial charge on any atom is 0.136 e. The summed E-state index contributed by atoms with van der Waals surface area (Å²) >= 11 is 0. The van der Waals surface area contributed by atoms with Crippen molar-refractivity contribution >= 4 is 0 Å². The minimum Gasteiger partial charge on any atom is -0.380 e. The first kappa shape index (κ1) is 11.7. The van der Waals surface area contributed by atoms with Gasteiger partial charge in [0.25, 0.3) is 0 Å². The number of hydrogen-bond donors (Lipinski definition) is 1. The van der Waals surface area contributed by atoms with Gasteiger partial charge in [-0.2, -0.15) is 0 Å². The van der Waals surface area contributed by atoms with Gasteiger partial charge in [0.15, 0.2) is 0 Å². The lowest BCUT2D eigenvalue weighted by Crippen LogP contribution is -2.43. The second-order valence-electron chi connectivity index (χ2n) is 4.28. The number of rotatable bonds is 3. The van der Waals surface area contributed by atoms with E-state index in [0.29, 0.717) is 4.48 Å². The molecule has 0 rings (SSSR count). The summed E-state index contributed by atoms with van der Waals surface area (Å²) in [7, 11) is 6.09. The molecule has 0 aromatic rings. The van der Waals surface area contributed by atoms with E-state index in [1.165, 1.54) is 0 Å². The number of quaternary nitrogens is 1. The lowest BCUT2D eigenvalue weighted by atomic mass is 10.0. The Morgan fingerprint density at radius 3 is 2.00 bits per heavy atom. The maximum absolute atomic E-state index is 9.75. The van der Waals surface area contributed by atoms with E-state index < -0.39 is 5.60 Å². The van der Waals surface area contributed by atoms with Gasteiger partial charge >= 0.3 is 0 Å². The molecular formula is C10H21NO+. The van der Waals surface area contributed by atoms with Crippen LogP contribution in [0, 0.1) is 6.92 Å². The molecule has 0 bridgehead atoms. The molecule has 0 spiro atoms. The fraction of sp³-hybridized carbons (Fsp3) is 0.700. The molecule has 0 aliphatic heterocycles. The van der Waals surface area contributed by atoms with Crippen LogP contribution in [0.4, 0.5) is 0 Å². The normalized spacial score (nSPS) is 15.1. The van der Waals surface area contributed by atoms with E-state index in [9.17, 15) is 5.11 Å². The van der Waals surface area contributed by atoms with E-state index in [1.54, 1.807) is 6.92 Å². The average Bonchev–Trinajstić information content (AvgIpc) is 1.77. The molecule has 0 saturated carbocycles. The zero-order valence-corrected chi connectivity index (χ0v) is 8.89. The van der Waals surface area contributed by atoms with E-state index in [1.807, 2.05) is 27.2 Å². The van der Waals surface area contributed by atoms with Gasteiger partial charge in [-0.25, -0.2) is 0 Å². The van der Waals surface area contributed by atoms with Crippen LogP contribution in [0.3, 0.4) is 0 Å². The zero-order valence-electron chi connectivity index (χ0n) is 8.89. The molecule has 0 heterocycles. The molecule has 0 saturated heterocycles. The number of aliphatic hydroxyl groups is 1. The van der Waals surface area contributed by atoms with Crippen LogP contribution < -0.4 is 0 Å². The summed E-state index contributed by atoms with van der Waals surface area (Å²) in [5.41, 5.74) is -0.0150. The Labute approximate surface area is 76.1 Å². The highest BCUT2D eigenvalue weighted by molar-refractivity contribution is 5.09. The monoisotopic (exact) mass is 171 g/mol. The molecule has 1 N–H and O–H groups in total. The van der Waals surface area contributed by atoms with Gasteiger partial charge in [-0.1, -0.05) is 6.92 Å². The number of hydrogen-bond acceptors (Lipinski definition) is 1. The average molecular weight is 171 g/mol. The van der Waals surface area contributed by atoms with Crippen molar-refractivity contribution in [1.29, 1.82) is 0 Å². The topological polar surface area (TPSA) is 20.2 Å². The van der Waals surface area contributed by atoms with Crippen LogP contribution >= 0.6 is 0 Å². The molecule has 1 radical (unpaired) electrons. The second kappa shape index (κ2) is 3.58. The summed E-state index contributed by atoms with van der Waals surface area (Å²) in [5.74, 6) is 0. The van der Waals surface area contributed by atoms with Gasteiger partial charge in [0.1, 0.15) is 11.3 Å². The lowest BCUT2D eigenvalue weighted by molar-refractivity contribution is -0.837. The molecule has 0 aliphatic carbocycles. The molecule has 1 unspecified atom stereocenters. The van der Waals surface area contributed by atoms with Gasteiger partial charge < -0.3 is 5.11 Å². The zero-order chi connectivity index (χ0) is 9.99. The van der Waals surface area contributed by atoms with E-state index >= 15 is 0 Å². The molecule has 0 aromatic carbocycles. The summed E-state index contributed by atoms with van der Waals surface area (Å²) in [5, 5.41) is 9.75. The molecule has 71 valence electrons. The van der Waals surface area contributed by atoms with Gasteiger partial charge in [-0.05, 0) is 26.3 Å². The SMILES string of the molecule is [CH2]C(C)(O)C(=CCC)[N+](C)(C)C. The van der Waals surface area contributed by atoms with Crippen LogP contribution in [0.5, 0.6) is 0 Å². The second-order valence-corrected chi connectivity index (χ2v) is 4.28. The predicted molar refractivity (Wildman–Crippen MR) is 52.4 cm³/mol. The van der Waals surface area contributed by atoms with Gasteiger partial charge in [0.05, 0.1) is 21.1 Å². The third-order valence-electron chi connectivity index (χ3n) is 1.67. The van der Waals surface area contributed by atoms with Gasteiger partial charge in [-0.15, -0.1) is 0 Å². The number of nitrogens with zero attached hydrogens (tertiary/aromatic N) is 1. The van der Waals surface area contributed by atoms with E-state index in [0.717, 1.165) is 12.1 Å². The Morgan fingerprint density at radius 2 is 1.92 bits per heavy atom. The van der Waals surface area contributed by atoms with E-state index in [2.05, 4.69) is 13.8 Å². The van der Waals surface area contributed by atoms with Crippen LogP contribution in [0.15, 0.2) is 11.8 Å². The lowest BCUT2D eigenvalue weighted by Gasteiger charge is -2.33. The van der Waals surface area contributed by atoms with E-state index in [-0.39, 0.29) is 0 Å². The van der Waals surface area contributed by atoms with Gasteiger partial charge in [0.2, 0.25) is 0 Å². The van der Waals surface area contributed by atoms with Crippen LogP contribution in [-0.2, 0) is 0 Å². The molecule has 1 atom stereocenters. The van der Waals surface area contributed by atoms with Crippen molar-refractivity contribution in [2.75, 3.05) is 21.1 Å². The first-order chi connectivity index (χ1) is 5.19. The highest BCUT2D eigenvalue weighted by atomic mass is 16.3. The minimum atomic E-state index is -0.964. The smallest absolute Gasteiger partial charge is 0.136 e. The van der Waals surface area contributed by atoms with Crippen molar-refractivity contribution in [2.24, 2.45) is 0 Å². The van der Waals surface area contributed by atoms with E-state index in [4.69, 9.17) is 0 Å². The summed E-state index contributed by atoms with van der Waals surface area (Å²) in [6, 6.07) is 0. The molecule has 0 aliphatic rings. The summed E-state index contributed by atoms with van der Waals surface area (Å²) in [6.45, 7) is 7.50. The molecule has 2 nitrogen and oxygen atoms in total. The quantitative estimate of drug-likeness (QED) is 0.639. The van der Waals surface area contributed by atoms with Gasteiger partial charge in [-0.3, -0.25) is 4.48 Å². The van der Waals surface area contributed by atoms with Crippen molar-refractivity contribution in [3.05, 3.63) is 18.7 Å². The molecule has 0 fully saturated rings. The number of likely N-dealkylation sites (N-methyl/N-ethyl adjacent to an activating group) is 1. The van der Waals surface area contributed by atoms with Crippen LogP contribution in [-0.4, -0.2) is 36.3 Å². The highest BCUT2D eigenvalue weighted by Crippen LogP contribution is 2.22. The first-order valence-corrected chi connectivity index (χ1v) is 4.30. The maximum atomic E-state index is 9.75. The molecule has 12 heavy (non-hydrogen) atoms. The Morgan fingerprint density at radius 1 is 1.50 bits per heavy atom. The van der Waals surface area contributed by atoms with Crippen LogP contribution in [0.2, 0.25) is 0 Å². The summed E-state index contributed by atoms with van der Waals surface area (Å²) < 4.78 is 0.629. The van der Waals surface area contributed by atoms with Crippen molar-refractivity contribution in [1.82, 2.24) is 0 Å². The largest absolute Gasteiger partial charge is 0.380 e. The first-order valence-electron chi connectivity index (χ1n) is 4.30. The highest BCUT2D eigenvalue weighted by Gasteiger charge is 2.30.